The van der Waals surface area contributed by atoms with Gasteiger partial charge in [-0.25, -0.2) is 4.79 Å². The minimum Gasteiger partial charge on any atom is -0.481 e. The number of nitrogens with zero attached hydrogens (tertiary/aromatic N) is 1. The van der Waals surface area contributed by atoms with Crippen molar-refractivity contribution in [3.05, 3.63) is 0 Å². The molecule has 1 unspecified atom stereocenters. The highest BCUT2D eigenvalue weighted by molar-refractivity contribution is 6.04. The third-order valence-corrected chi connectivity index (χ3v) is 3.06. The van der Waals surface area contributed by atoms with E-state index in [0.29, 0.717) is 4.90 Å². The van der Waals surface area contributed by atoms with Crippen LogP contribution in [-0.2, 0) is 19.2 Å². The summed E-state index contributed by atoms with van der Waals surface area (Å²) in [5.74, 6) is -3.69. The van der Waals surface area contributed by atoms with Gasteiger partial charge in [-0.15, -0.1) is 0 Å². The van der Waals surface area contributed by atoms with Crippen molar-refractivity contribution in [2.24, 2.45) is 11.5 Å². The number of rotatable bonds is 7. The van der Waals surface area contributed by atoms with Crippen LogP contribution in [0.5, 0.6) is 0 Å². The molecule has 1 aliphatic heterocycles. The Labute approximate surface area is 114 Å². The molecule has 1 fully saturated rings. The average molecular weight is 287 g/mol. The summed E-state index contributed by atoms with van der Waals surface area (Å²) in [5, 5.41) is 17.7. The summed E-state index contributed by atoms with van der Waals surface area (Å²) in [6, 6.07) is -1.47. The third kappa shape index (κ3) is 4.00. The lowest BCUT2D eigenvalue weighted by Gasteiger charge is -2.31. The molecular weight excluding hydrogens is 270 g/mol. The van der Waals surface area contributed by atoms with Gasteiger partial charge in [0.2, 0.25) is 11.8 Å². The smallest absolute Gasteiger partial charge is 0.327 e. The molecule has 1 aliphatic rings. The van der Waals surface area contributed by atoms with Crippen molar-refractivity contribution >= 4 is 23.8 Å². The molecule has 0 saturated carbocycles. The zero-order valence-electron chi connectivity index (χ0n) is 10.7. The van der Waals surface area contributed by atoms with Gasteiger partial charge in [-0.1, -0.05) is 0 Å². The number of imide groups is 1. The third-order valence-electron chi connectivity index (χ3n) is 3.06. The SMILES string of the molecule is NC(N)(CCC(=O)O)CC(C(=O)O)N1C(=O)CCC1=O. The molecule has 20 heavy (non-hydrogen) atoms. The fourth-order valence-corrected chi connectivity index (χ4v) is 2.03. The second-order valence-corrected chi connectivity index (χ2v) is 4.84. The molecule has 0 aromatic rings. The van der Waals surface area contributed by atoms with E-state index in [1.807, 2.05) is 0 Å². The van der Waals surface area contributed by atoms with E-state index in [4.69, 9.17) is 21.7 Å². The van der Waals surface area contributed by atoms with Gasteiger partial charge in [-0.05, 0) is 6.42 Å². The lowest BCUT2D eigenvalue weighted by molar-refractivity contribution is -0.155. The number of carbonyl (C=O) groups excluding carboxylic acids is 2. The van der Waals surface area contributed by atoms with Crippen molar-refractivity contribution in [3.8, 4) is 0 Å². The number of likely N-dealkylation sites (tertiary alicyclic amines) is 1. The first-order chi connectivity index (χ1) is 9.14. The minimum atomic E-state index is -1.59. The fraction of sp³-hybridized carbons (Fsp3) is 0.636. The van der Waals surface area contributed by atoms with Gasteiger partial charge in [-0.3, -0.25) is 19.3 Å². The topological polar surface area (TPSA) is 164 Å². The molecular formula is C11H17N3O6. The number of hydrogen-bond acceptors (Lipinski definition) is 6. The number of nitrogens with two attached hydrogens (primary N) is 2. The number of carboxylic acid groups (broad SMARTS) is 2. The van der Waals surface area contributed by atoms with Crippen LogP contribution < -0.4 is 11.5 Å². The van der Waals surface area contributed by atoms with Crippen LogP contribution in [0, 0.1) is 0 Å². The predicted octanol–water partition coefficient (Wildman–Crippen LogP) is -1.54. The Morgan fingerprint density at radius 1 is 1.20 bits per heavy atom. The summed E-state index contributed by atoms with van der Waals surface area (Å²) in [6.07, 6.45) is -0.976. The van der Waals surface area contributed by atoms with Crippen LogP contribution in [0.3, 0.4) is 0 Å². The average Bonchev–Trinajstić information content (AvgIpc) is 2.64. The summed E-state index contributed by atoms with van der Waals surface area (Å²) in [5.41, 5.74) is 9.74. The second-order valence-electron chi connectivity index (χ2n) is 4.84. The number of hydrogen-bond donors (Lipinski definition) is 4. The monoisotopic (exact) mass is 287 g/mol. The molecule has 1 saturated heterocycles. The van der Waals surface area contributed by atoms with Gasteiger partial charge in [-0.2, -0.15) is 0 Å². The van der Waals surface area contributed by atoms with Crippen LogP contribution in [0.1, 0.15) is 32.1 Å². The van der Waals surface area contributed by atoms with E-state index in [-0.39, 0.29) is 25.7 Å². The maximum Gasteiger partial charge on any atom is 0.327 e. The Hall–Kier alpha value is -2.00. The van der Waals surface area contributed by atoms with Crippen molar-refractivity contribution in [2.75, 3.05) is 0 Å². The lowest BCUT2D eigenvalue weighted by Crippen LogP contribution is -2.57. The molecule has 6 N–H and O–H groups in total. The summed E-state index contributed by atoms with van der Waals surface area (Å²) in [4.78, 5) is 45.4. The van der Waals surface area contributed by atoms with E-state index < -0.39 is 41.9 Å². The van der Waals surface area contributed by atoms with E-state index in [9.17, 15) is 19.2 Å². The quantitative estimate of drug-likeness (QED) is 0.323. The van der Waals surface area contributed by atoms with Crippen molar-refractivity contribution in [1.29, 1.82) is 0 Å². The zero-order valence-corrected chi connectivity index (χ0v) is 10.7. The molecule has 9 heteroatoms. The van der Waals surface area contributed by atoms with E-state index in [1.54, 1.807) is 0 Å². The minimum absolute atomic E-state index is 0.0418. The molecule has 1 atom stereocenters. The molecule has 0 spiro atoms. The molecule has 0 radical (unpaired) electrons. The Balaban J connectivity index is 2.82. The van der Waals surface area contributed by atoms with Crippen molar-refractivity contribution in [1.82, 2.24) is 4.90 Å². The normalized spacial score (nSPS) is 17.4. The van der Waals surface area contributed by atoms with Gasteiger partial charge < -0.3 is 21.7 Å². The molecule has 112 valence electrons. The highest BCUT2D eigenvalue weighted by Gasteiger charge is 2.41. The van der Waals surface area contributed by atoms with Gasteiger partial charge in [0.05, 0.1) is 5.66 Å². The number of carboxylic acids is 2. The van der Waals surface area contributed by atoms with Gasteiger partial charge in [0, 0.05) is 25.7 Å². The van der Waals surface area contributed by atoms with E-state index >= 15 is 0 Å². The second kappa shape index (κ2) is 5.97. The fourth-order valence-electron chi connectivity index (χ4n) is 2.03. The standard InChI is InChI=1S/C11H17N3O6/c12-11(13,4-3-9(17)18)5-6(10(19)20)14-7(15)1-2-8(14)16/h6H,1-5,12-13H2,(H,17,18)(H,19,20). The first-order valence-electron chi connectivity index (χ1n) is 6.01. The maximum absolute atomic E-state index is 11.5. The molecule has 0 aromatic heterocycles. The predicted molar refractivity (Wildman–Crippen MR) is 65.1 cm³/mol. The molecule has 0 aromatic carbocycles. The number of carbonyl (C=O) groups is 4. The first kappa shape index (κ1) is 16.1. The largest absolute Gasteiger partial charge is 0.481 e. The Bertz CT molecular complexity index is 431. The van der Waals surface area contributed by atoms with Gasteiger partial charge in [0.1, 0.15) is 6.04 Å². The Morgan fingerprint density at radius 3 is 2.10 bits per heavy atom. The summed E-state index contributed by atoms with van der Waals surface area (Å²) < 4.78 is 0. The van der Waals surface area contributed by atoms with E-state index in [1.165, 1.54) is 0 Å². The molecule has 1 heterocycles. The number of aliphatic carboxylic acids is 2. The first-order valence-corrected chi connectivity index (χ1v) is 6.01. The summed E-state index contributed by atoms with van der Waals surface area (Å²) in [6.45, 7) is 0. The maximum atomic E-state index is 11.5. The van der Waals surface area contributed by atoms with E-state index in [2.05, 4.69) is 0 Å². The van der Waals surface area contributed by atoms with Crippen LogP contribution in [-0.4, -0.2) is 50.6 Å². The van der Waals surface area contributed by atoms with Gasteiger partial charge >= 0.3 is 11.9 Å². The highest BCUT2D eigenvalue weighted by Crippen LogP contribution is 2.21. The number of amides is 2. The van der Waals surface area contributed by atoms with Gasteiger partial charge in [0.25, 0.3) is 0 Å². The van der Waals surface area contributed by atoms with E-state index in [0.717, 1.165) is 0 Å². The molecule has 1 rings (SSSR count). The molecule has 0 bridgehead atoms. The van der Waals surface area contributed by atoms with Crippen LogP contribution in [0.15, 0.2) is 0 Å². The molecule has 2 amide bonds. The van der Waals surface area contributed by atoms with Crippen molar-refractivity contribution in [3.63, 3.8) is 0 Å². The van der Waals surface area contributed by atoms with Crippen LogP contribution in [0.2, 0.25) is 0 Å². The summed E-state index contributed by atoms with van der Waals surface area (Å²) >= 11 is 0. The highest BCUT2D eigenvalue weighted by atomic mass is 16.4. The van der Waals surface area contributed by atoms with Crippen molar-refractivity contribution in [2.45, 2.75) is 43.8 Å². The Kier molecular flexibility index (Phi) is 4.79. The Morgan fingerprint density at radius 2 is 1.70 bits per heavy atom. The zero-order chi connectivity index (χ0) is 15.5. The van der Waals surface area contributed by atoms with Gasteiger partial charge in [0.15, 0.2) is 0 Å². The van der Waals surface area contributed by atoms with Crippen molar-refractivity contribution < 1.29 is 29.4 Å². The van der Waals surface area contributed by atoms with Crippen LogP contribution >= 0.6 is 0 Å². The molecule has 9 nitrogen and oxygen atoms in total. The van der Waals surface area contributed by atoms with Crippen LogP contribution in [0.4, 0.5) is 0 Å². The lowest BCUT2D eigenvalue weighted by atomic mass is 9.96. The summed E-state index contributed by atoms with van der Waals surface area (Å²) in [7, 11) is 0. The van der Waals surface area contributed by atoms with Crippen LogP contribution in [0.25, 0.3) is 0 Å². The molecule has 0 aliphatic carbocycles.